The largest absolute Gasteiger partial charge is 0.453 e. The van der Waals surface area contributed by atoms with Gasteiger partial charge in [-0.1, -0.05) is 42.3 Å². The summed E-state index contributed by atoms with van der Waals surface area (Å²) in [6, 6.07) is 11.6. The van der Waals surface area contributed by atoms with Gasteiger partial charge in [-0.2, -0.15) is 13.2 Å². The fourth-order valence-electron chi connectivity index (χ4n) is 8.42. The highest BCUT2D eigenvalue weighted by atomic mass is 35.5. The van der Waals surface area contributed by atoms with Crippen molar-refractivity contribution in [1.82, 2.24) is 9.80 Å². The normalized spacial score (nSPS) is 26.5. The fourth-order valence-corrected chi connectivity index (χ4v) is 8.63. The summed E-state index contributed by atoms with van der Waals surface area (Å²) in [5, 5.41) is 23.6. The van der Waals surface area contributed by atoms with Gasteiger partial charge < -0.3 is 19.5 Å². The maximum atomic E-state index is 14.4. The summed E-state index contributed by atoms with van der Waals surface area (Å²) in [7, 11) is 0. The minimum absolute atomic E-state index is 0.0259. The summed E-state index contributed by atoms with van der Waals surface area (Å²) in [6.45, 7) is 8.76. The molecule has 2 fully saturated rings. The number of rotatable bonds is 5. The van der Waals surface area contributed by atoms with E-state index < -0.39 is 34.6 Å². The van der Waals surface area contributed by atoms with E-state index in [4.69, 9.17) is 16.0 Å². The molecule has 274 valence electrons. The lowest BCUT2D eigenvalue weighted by atomic mass is 9.64. The third kappa shape index (κ3) is 7.70. The minimum atomic E-state index is -4.59. The number of ketones is 1. The van der Waals surface area contributed by atoms with E-state index in [1.165, 1.54) is 17.7 Å². The number of nitrogens with zero attached hydrogens (tertiary/aromatic N) is 2. The summed E-state index contributed by atoms with van der Waals surface area (Å²) >= 11 is 6.30. The molecule has 0 radical (unpaired) electrons. The average molecular weight is 727 g/mol. The fraction of sp³-hybridized carbons (Fsp3) is 0.500. The molecule has 3 aromatic rings. The molecule has 2 N–H and O–H groups in total. The number of halogens is 4. The Bertz CT molecular complexity index is 1810. The first kappa shape index (κ1) is 37.3. The van der Waals surface area contributed by atoms with Crippen molar-refractivity contribution in [2.45, 2.75) is 89.5 Å². The first-order valence-electron chi connectivity index (χ1n) is 17.8. The number of benzene rings is 2. The summed E-state index contributed by atoms with van der Waals surface area (Å²) in [4.78, 5) is 30.5. The number of β-amino-alcohol motifs (C(OH)–C–C–N with tert-alkyl or cyclic N) is 1. The molecular weight excluding hydrogens is 681 g/mol. The predicted molar refractivity (Wildman–Crippen MR) is 190 cm³/mol. The van der Waals surface area contributed by atoms with Gasteiger partial charge >= 0.3 is 6.18 Å². The number of piperazine rings is 1. The molecule has 7 rings (SSSR count). The second kappa shape index (κ2) is 14.5. The Labute approximate surface area is 302 Å². The number of hydrogen-bond acceptors (Lipinski definition) is 6. The zero-order valence-electron chi connectivity index (χ0n) is 29.4. The van der Waals surface area contributed by atoms with Gasteiger partial charge in [-0.05, 0) is 105 Å². The maximum Gasteiger partial charge on any atom is 0.416 e. The Morgan fingerprint density at radius 1 is 1.02 bits per heavy atom. The van der Waals surface area contributed by atoms with E-state index in [1.54, 1.807) is 13.0 Å². The van der Waals surface area contributed by atoms with Crippen molar-refractivity contribution in [3.8, 4) is 11.3 Å². The zero-order valence-corrected chi connectivity index (χ0v) is 30.1. The van der Waals surface area contributed by atoms with Crippen LogP contribution in [0.2, 0.25) is 5.02 Å². The zero-order chi connectivity index (χ0) is 36.7. The quantitative estimate of drug-likeness (QED) is 0.204. The summed E-state index contributed by atoms with van der Waals surface area (Å²) in [6.07, 6.45) is 1.16. The molecule has 4 unspecified atom stereocenters. The molecule has 51 heavy (non-hydrogen) atoms. The van der Waals surface area contributed by atoms with Crippen LogP contribution < -0.4 is 0 Å². The van der Waals surface area contributed by atoms with E-state index >= 15 is 0 Å². The van der Waals surface area contributed by atoms with Crippen molar-refractivity contribution >= 4 is 23.3 Å². The third-order valence-corrected chi connectivity index (χ3v) is 11.9. The van der Waals surface area contributed by atoms with Gasteiger partial charge in [0.2, 0.25) is 11.7 Å². The highest BCUT2D eigenvalue weighted by molar-refractivity contribution is 6.33. The standard InChI is InChI=1S/C40H46ClF3N2O5/c1-25-5-4-15-38(3)33(14-16-39(38,50)24-45-17-19-46(20-18-45)26(2)47)30-10-7-27(21-29(48)9-6-25)22-31(30)37(49)36-13-12-35(51-36)32-23-28(40(42,43)44)8-11-34(32)41/h5,7-8,10-13,22-23,29,33,48,50H,4,6,9,14-21,24H2,1-3H3. The number of allylic oxidation sites excluding steroid dienone is 2. The lowest BCUT2D eigenvalue weighted by Gasteiger charge is -2.47. The smallest absolute Gasteiger partial charge is 0.416 e. The predicted octanol–water partition coefficient (Wildman–Crippen LogP) is 8.05. The molecule has 4 atom stereocenters. The molecule has 1 aliphatic heterocycles. The highest BCUT2D eigenvalue weighted by Gasteiger charge is 2.57. The van der Waals surface area contributed by atoms with Crippen LogP contribution in [0.1, 0.15) is 98.0 Å². The number of aliphatic hydroxyl groups is 2. The molecule has 4 aliphatic rings. The SMILES string of the molecule is CC(=O)N1CCN(CC2(O)CCC3c4ccc(cc4C(=O)c4ccc(-c5cc(C(F)(F)F)ccc5Cl)o4)CC(O)CCC(C)=CCCC32C)CC1. The third-order valence-electron chi connectivity index (χ3n) is 11.6. The lowest BCUT2D eigenvalue weighted by Crippen LogP contribution is -2.57. The van der Waals surface area contributed by atoms with Crippen LogP contribution in [0.15, 0.2) is 64.6 Å². The number of furan rings is 1. The van der Waals surface area contributed by atoms with Crippen molar-refractivity contribution in [1.29, 1.82) is 0 Å². The molecule has 2 aromatic carbocycles. The Kier molecular flexibility index (Phi) is 10.6. The number of fused-ring (bicyclic) bond motifs is 8. The van der Waals surface area contributed by atoms with Gasteiger partial charge in [-0.25, -0.2) is 0 Å². The van der Waals surface area contributed by atoms with Crippen LogP contribution in [0.3, 0.4) is 0 Å². The van der Waals surface area contributed by atoms with E-state index in [0.29, 0.717) is 70.4 Å². The Balaban J connectivity index is 1.38. The average Bonchev–Trinajstić information content (AvgIpc) is 3.66. The topological polar surface area (TPSA) is 94.2 Å². The second-order valence-electron chi connectivity index (χ2n) is 14.9. The van der Waals surface area contributed by atoms with E-state index in [0.717, 1.165) is 42.2 Å². The molecular formula is C40H46ClF3N2O5. The molecule has 1 saturated carbocycles. The molecule has 11 heteroatoms. The molecule has 0 spiro atoms. The van der Waals surface area contributed by atoms with E-state index in [9.17, 15) is 33.0 Å². The Hall–Kier alpha value is -3.44. The Morgan fingerprint density at radius 2 is 1.76 bits per heavy atom. The Morgan fingerprint density at radius 3 is 2.47 bits per heavy atom. The molecule has 3 aliphatic carbocycles. The number of carbonyl (C=O) groups excluding carboxylic acids is 2. The maximum absolute atomic E-state index is 14.4. The molecule has 1 saturated heterocycles. The monoisotopic (exact) mass is 726 g/mol. The lowest BCUT2D eigenvalue weighted by molar-refractivity contribution is -0.137. The van der Waals surface area contributed by atoms with Gasteiger partial charge in [-0.3, -0.25) is 14.5 Å². The molecule has 2 bridgehead atoms. The first-order chi connectivity index (χ1) is 24.1. The van der Waals surface area contributed by atoms with Gasteiger partial charge in [0.05, 0.1) is 22.3 Å². The van der Waals surface area contributed by atoms with Crippen LogP contribution in [0, 0.1) is 5.41 Å². The number of alkyl halides is 3. The van der Waals surface area contributed by atoms with Gasteiger partial charge in [0, 0.05) is 56.2 Å². The van der Waals surface area contributed by atoms with Crippen molar-refractivity contribution in [3.05, 3.63) is 93.2 Å². The summed E-state index contributed by atoms with van der Waals surface area (Å²) in [5.74, 6) is -0.601. The molecule has 7 nitrogen and oxygen atoms in total. The van der Waals surface area contributed by atoms with Crippen LogP contribution in [-0.2, 0) is 17.4 Å². The van der Waals surface area contributed by atoms with Gasteiger partial charge in [0.1, 0.15) is 5.76 Å². The minimum Gasteiger partial charge on any atom is -0.453 e. The van der Waals surface area contributed by atoms with Crippen LogP contribution in [0.25, 0.3) is 11.3 Å². The summed E-state index contributed by atoms with van der Waals surface area (Å²) in [5.41, 5.74) is 0.543. The highest BCUT2D eigenvalue weighted by Crippen LogP contribution is 2.59. The number of aliphatic hydroxyl groups excluding tert-OH is 1. The van der Waals surface area contributed by atoms with Gasteiger partial charge in [0.25, 0.3) is 0 Å². The van der Waals surface area contributed by atoms with E-state index in [-0.39, 0.29) is 33.9 Å². The number of hydrogen-bond donors (Lipinski definition) is 2. The first-order valence-corrected chi connectivity index (χ1v) is 18.1. The van der Waals surface area contributed by atoms with Crippen LogP contribution in [-0.4, -0.2) is 76.1 Å². The van der Waals surface area contributed by atoms with E-state index in [1.807, 2.05) is 17.0 Å². The molecule has 2 heterocycles. The van der Waals surface area contributed by atoms with Crippen molar-refractivity contribution in [3.63, 3.8) is 0 Å². The van der Waals surface area contributed by atoms with Crippen molar-refractivity contribution in [2.24, 2.45) is 5.41 Å². The summed E-state index contributed by atoms with van der Waals surface area (Å²) < 4.78 is 46.5. The van der Waals surface area contributed by atoms with Crippen molar-refractivity contribution < 1.29 is 37.4 Å². The van der Waals surface area contributed by atoms with Crippen LogP contribution >= 0.6 is 11.6 Å². The van der Waals surface area contributed by atoms with Crippen molar-refractivity contribution in [2.75, 3.05) is 32.7 Å². The number of carbonyl (C=O) groups is 2. The second-order valence-corrected chi connectivity index (χ2v) is 15.3. The van der Waals surface area contributed by atoms with Gasteiger partial charge in [-0.15, -0.1) is 0 Å². The van der Waals surface area contributed by atoms with E-state index in [2.05, 4.69) is 24.8 Å². The van der Waals surface area contributed by atoms with Gasteiger partial charge in [0.15, 0.2) is 5.76 Å². The molecule has 1 aromatic heterocycles. The van der Waals surface area contributed by atoms with Crippen LogP contribution in [0.4, 0.5) is 13.2 Å². The molecule has 1 amide bonds. The number of amides is 1. The van der Waals surface area contributed by atoms with Crippen LogP contribution in [0.5, 0.6) is 0 Å².